The number of carbonyl (C=O) groups excluding carboxylic acids is 1. The number of thiophene rings is 1. The van der Waals surface area contributed by atoms with Crippen LogP contribution in [0, 0.1) is 11.6 Å². The highest BCUT2D eigenvalue weighted by molar-refractivity contribution is 7.92. The first kappa shape index (κ1) is 19.5. The Bertz CT molecular complexity index is 1180. The second kappa shape index (κ2) is 7.57. The minimum absolute atomic E-state index is 0.0648. The van der Waals surface area contributed by atoms with Crippen LogP contribution in [0.25, 0.3) is 0 Å². The van der Waals surface area contributed by atoms with Gasteiger partial charge >= 0.3 is 0 Å². The van der Waals surface area contributed by atoms with Crippen molar-refractivity contribution in [3.63, 3.8) is 0 Å². The molecule has 0 spiro atoms. The number of hydrogen-bond acceptors (Lipinski definition) is 4. The van der Waals surface area contributed by atoms with Crippen LogP contribution in [0.5, 0.6) is 0 Å². The number of hydrogen-bond donors (Lipinski definition) is 1. The van der Waals surface area contributed by atoms with Crippen molar-refractivity contribution in [2.24, 2.45) is 0 Å². The number of benzene rings is 2. The maximum Gasteiger partial charge on any atom is 0.264 e. The van der Waals surface area contributed by atoms with E-state index in [0.29, 0.717) is 30.5 Å². The highest BCUT2D eigenvalue weighted by Gasteiger charge is 2.24. The number of carbonyl (C=O) groups is 1. The number of fused-ring (bicyclic) bond motifs is 1. The maximum atomic E-state index is 13.9. The Kier molecular flexibility index (Phi) is 5.10. The Morgan fingerprint density at radius 1 is 1.07 bits per heavy atom. The number of rotatable bonds is 4. The average Bonchev–Trinajstić information content (AvgIpc) is 3.21. The molecule has 1 aliphatic heterocycles. The van der Waals surface area contributed by atoms with Gasteiger partial charge in [-0.3, -0.25) is 9.52 Å². The van der Waals surface area contributed by atoms with Crippen LogP contribution in [-0.4, -0.2) is 25.8 Å². The molecule has 0 bridgehead atoms. The molecule has 2 heterocycles. The van der Waals surface area contributed by atoms with E-state index < -0.39 is 26.6 Å². The summed E-state index contributed by atoms with van der Waals surface area (Å²) >= 11 is 1.37. The van der Waals surface area contributed by atoms with Crippen molar-refractivity contribution in [2.45, 2.75) is 17.9 Å². The average molecular weight is 434 g/mol. The maximum absolute atomic E-state index is 13.9. The molecular weight excluding hydrogens is 418 g/mol. The van der Waals surface area contributed by atoms with E-state index in [1.165, 1.54) is 11.3 Å². The lowest BCUT2D eigenvalue weighted by Gasteiger charge is -2.29. The van der Waals surface area contributed by atoms with E-state index in [1.807, 2.05) is 11.4 Å². The van der Waals surface area contributed by atoms with Gasteiger partial charge in [0.25, 0.3) is 15.9 Å². The molecule has 2 aromatic carbocycles. The molecule has 1 amide bonds. The van der Waals surface area contributed by atoms with Gasteiger partial charge in [0.1, 0.15) is 16.5 Å². The van der Waals surface area contributed by atoms with Crippen molar-refractivity contribution < 1.29 is 22.0 Å². The molecule has 3 aromatic rings. The monoisotopic (exact) mass is 434 g/mol. The van der Waals surface area contributed by atoms with Gasteiger partial charge in [-0.15, -0.1) is 11.3 Å². The highest BCUT2D eigenvalue weighted by atomic mass is 32.2. The molecule has 1 aliphatic rings. The van der Waals surface area contributed by atoms with Crippen molar-refractivity contribution >= 4 is 33.0 Å². The second-order valence-corrected chi connectivity index (χ2v) is 9.22. The summed E-state index contributed by atoms with van der Waals surface area (Å²) in [7, 11) is -4.22. The Morgan fingerprint density at radius 2 is 1.90 bits per heavy atom. The van der Waals surface area contributed by atoms with Gasteiger partial charge in [-0.05, 0) is 53.3 Å². The summed E-state index contributed by atoms with van der Waals surface area (Å²) in [5, 5.41) is 1.84. The van der Waals surface area contributed by atoms with E-state index in [1.54, 1.807) is 29.2 Å². The minimum atomic E-state index is -4.22. The van der Waals surface area contributed by atoms with Gasteiger partial charge in [0.05, 0.1) is 4.88 Å². The van der Waals surface area contributed by atoms with Crippen molar-refractivity contribution in [1.82, 2.24) is 4.90 Å². The lowest BCUT2D eigenvalue weighted by atomic mass is 9.99. The molecule has 0 aliphatic carbocycles. The Hall–Kier alpha value is -2.78. The van der Waals surface area contributed by atoms with Crippen molar-refractivity contribution in [3.05, 3.63) is 81.5 Å². The third-order valence-corrected chi connectivity index (χ3v) is 6.95. The van der Waals surface area contributed by atoms with Crippen LogP contribution in [0.4, 0.5) is 14.5 Å². The molecule has 4 rings (SSSR count). The molecule has 1 aromatic heterocycles. The highest BCUT2D eigenvalue weighted by Crippen LogP contribution is 2.26. The summed E-state index contributed by atoms with van der Waals surface area (Å²) in [6, 6.07) is 10.9. The molecule has 9 heteroatoms. The van der Waals surface area contributed by atoms with Crippen molar-refractivity contribution in [1.29, 1.82) is 0 Å². The van der Waals surface area contributed by atoms with Crippen LogP contribution in [-0.2, 0) is 23.0 Å². The predicted molar refractivity (Wildman–Crippen MR) is 106 cm³/mol. The van der Waals surface area contributed by atoms with Crippen molar-refractivity contribution in [2.75, 3.05) is 11.3 Å². The molecule has 0 fully saturated rings. The van der Waals surface area contributed by atoms with Crippen LogP contribution in [0.3, 0.4) is 0 Å². The number of amides is 1. The van der Waals surface area contributed by atoms with Gasteiger partial charge < -0.3 is 4.90 Å². The molecule has 1 N–H and O–H groups in total. The smallest absolute Gasteiger partial charge is 0.264 e. The van der Waals surface area contributed by atoms with Gasteiger partial charge in [0, 0.05) is 24.8 Å². The number of nitrogens with one attached hydrogen (secondary N) is 1. The van der Waals surface area contributed by atoms with E-state index in [-0.39, 0.29) is 11.6 Å². The fourth-order valence-electron chi connectivity index (χ4n) is 3.25. The second-order valence-electron chi connectivity index (χ2n) is 6.62. The zero-order valence-electron chi connectivity index (χ0n) is 15.1. The molecule has 0 radical (unpaired) electrons. The minimum Gasteiger partial charge on any atom is -0.333 e. The van der Waals surface area contributed by atoms with Gasteiger partial charge in [0.15, 0.2) is 0 Å². The summed E-state index contributed by atoms with van der Waals surface area (Å²) in [4.78, 5) is 14.3. The van der Waals surface area contributed by atoms with E-state index in [0.717, 1.165) is 23.3 Å². The number of nitrogens with zero attached hydrogens (tertiary/aromatic N) is 1. The Morgan fingerprint density at radius 3 is 2.62 bits per heavy atom. The molecule has 150 valence electrons. The summed E-state index contributed by atoms with van der Waals surface area (Å²) in [6.45, 7) is 0.933. The normalized spacial score (nSPS) is 13.8. The molecule has 5 nitrogen and oxygen atoms in total. The van der Waals surface area contributed by atoms with Crippen LogP contribution in [0.2, 0.25) is 0 Å². The lowest BCUT2D eigenvalue weighted by molar-refractivity contribution is 0.0739. The first-order chi connectivity index (χ1) is 13.8. The predicted octanol–water partition coefficient (Wildman–Crippen LogP) is 4.03. The van der Waals surface area contributed by atoms with Gasteiger partial charge in [-0.25, -0.2) is 17.2 Å². The first-order valence-corrected chi connectivity index (χ1v) is 11.1. The summed E-state index contributed by atoms with van der Waals surface area (Å²) in [6.07, 6.45) is 0.659. The standard InChI is InChI=1S/C20H16F2N2O3S2/c21-15-4-6-19(17(22)11-15)29(26,27)23-16-5-3-13-7-8-24(12-14(13)10-16)20(25)18-2-1-9-28-18/h1-6,9-11,23H,7-8,12H2. The van der Waals surface area contributed by atoms with Crippen molar-refractivity contribution in [3.8, 4) is 0 Å². The van der Waals surface area contributed by atoms with E-state index in [4.69, 9.17) is 0 Å². The van der Waals surface area contributed by atoms with Crippen LogP contribution < -0.4 is 4.72 Å². The third kappa shape index (κ3) is 4.01. The van der Waals surface area contributed by atoms with Crippen LogP contribution in [0.1, 0.15) is 20.8 Å². The number of halogens is 2. The lowest BCUT2D eigenvalue weighted by Crippen LogP contribution is -2.35. The zero-order chi connectivity index (χ0) is 20.6. The largest absolute Gasteiger partial charge is 0.333 e. The van der Waals surface area contributed by atoms with E-state index in [9.17, 15) is 22.0 Å². The first-order valence-electron chi connectivity index (χ1n) is 8.76. The fraction of sp³-hybridized carbons (Fsp3) is 0.150. The molecule has 0 unspecified atom stereocenters. The summed E-state index contributed by atoms with van der Waals surface area (Å²) < 4.78 is 54.3. The van der Waals surface area contributed by atoms with Gasteiger partial charge in [-0.1, -0.05) is 12.1 Å². The number of sulfonamides is 1. The van der Waals surface area contributed by atoms with Gasteiger partial charge in [0.2, 0.25) is 0 Å². The quantitative estimate of drug-likeness (QED) is 0.674. The fourth-order valence-corrected chi connectivity index (χ4v) is 5.05. The number of anilines is 1. The molecule has 0 saturated heterocycles. The van der Waals surface area contributed by atoms with Gasteiger partial charge in [-0.2, -0.15) is 0 Å². The molecule has 29 heavy (non-hydrogen) atoms. The Balaban J connectivity index is 1.57. The SMILES string of the molecule is O=C(c1cccs1)N1CCc2ccc(NS(=O)(=O)c3ccc(F)cc3F)cc2C1. The molecule has 0 atom stereocenters. The molecular formula is C20H16F2N2O3S2. The third-order valence-electron chi connectivity index (χ3n) is 4.67. The van der Waals surface area contributed by atoms with Crippen LogP contribution in [0.15, 0.2) is 58.8 Å². The zero-order valence-corrected chi connectivity index (χ0v) is 16.7. The topological polar surface area (TPSA) is 66.5 Å². The summed E-state index contributed by atoms with van der Waals surface area (Å²) in [5.74, 6) is -2.08. The van der Waals surface area contributed by atoms with Crippen LogP contribution >= 0.6 is 11.3 Å². The van der Waals surface area contributed by atoms with E-state index >= 15 is 0 Å². The summed E-state index contributed by atoms with van der Waals surface area (Å²) in [5.41, 5.74) is 2.09. The Labute approximate surface area is 170 Å². The van der Waals surface area contributed by atoms with E-state index in [2.05, 4.69) is 4.72 Å². The molecule has 0 saturated carbocycles.